The third kappa shape index (κ3) is 4.66. The van der Waals surface area contributed by atoms with Crippen molar-refractivity contribution in [2.24, 2.45) is 11.7 Å². The van der Waals surface area contributed by atoms with E-state index in [9.17, 15) is 4.79 Å². The summed E-state index contributed by atoms with van der Waals surface area (Å²) in [7, 11) is 0. The van der Waals surface area contributed by atoms with E-state index in [0.29, 0.717) is 34.1 Å². The van der Waals surface area contributed by atoms with Gasteiger partial charge in [0.1, 0.15) is 0 Å². The number of hydrogen-bond donors (Lipinski definition) is 2. The summed E-state index contributed by atoms with van der Waals surface area (Å²) in [5.41, 5.74) is 6.20. The lowest BCUT2D eigenvalue weighted by Gasteiger charge is -2.10. The second-order valence-electron chi connectivity index (χ2n) is 4.03. The molecule has 0 fully saturated rings. The van der Waals surface area contributed by atoms with Crippen LogP contribution in [0.3, 0.4) is 0 Å². The van der Waals surface area contributed by atoms with Crippen LogP contribution >= 0.6 is 27.5 Å². The molecule has 0 heterocycles. The molecule has 0 saturated carbocycles. The van der Waals surface area contributed by atoms with Crippen molar-refractivity contribution in [2.75, 3.05) is 11.9 Å². The maximum atomic E-state index is 11.7. The largest absolute Gasteiger partial charge is 0.330 e. The van der Waals surface area contributed by atoms with E-state index in [1.807, 2.05) is 6.92 Å². The van der Waals surface area contributed by atoms with Crippen molar-refractivity contribution in [3.05, 3.63) is 27.7 Å². The molecule has 3 nitrogen and oxygen atoms in total. The van der Waals surface area contributed by atoms with Crippen molar-refractivity contribution in [3.8, 4) is 0 Å². The minimum Gasteiger partial charge on any atom is -0.330 e. The summed E-state index contributed by atoms with van der Waals surface area (Å²) in [4.78, 5) is 11.7. The highest BCUT2D eigenvalue weighted by Crippen LogP contribution is 2.30. The van der Waals surface area contributed by atoms with Gasteiger partial charge in [-0.3, -0.25) is 4.79 Å². The molecule has 3 N–H and O–H groups in total. The molecule has 1 atom stereocenters. The van der Waals surface area contributed by atoms with Gasteiger partial charge in [0.25, 0.3) is 0 Å². The molecule has 0 saturated heterocycles. The lowest BCUT2D eigenvalue weighted by atomic mass is 10.1. The molecule has 1 rings (SSSR count). The van der Waals surface area contributed by atoms with Crippen LogP contribution in [0.5, 0.6) is 0 Å². The number of nitrogens with one attached hydrogen (secondary N) is 1. The summed E-state index contributed by atoms with van der Waals surface area (Å²) >= 11 is 9.27. The van der Waals surface area contributed by atoms with Crippen LogP contribution in [0.2, 0.25) is 5.02 Å². The number of hydrogen-bond acceptors (Lipinski definition) is 2. The first-order valence-electron chi connectivity index (χ1n) is 5.48. The van der Waals surface area contributed by atoms with Gasteiger partial charge in [0.05, 0.1) is 15.2 Å². The Kier molecular flexibility index (Phi) is 5.95. The molecular formula is C12H16BrClN2O. The third-order valence-electron chi connectivity index (χ3n) is 2.49. The van der Waals surface area contributed by atoms with Crippen LogP contribution < -0.4 is 11.1 Å². The van der Waals surface area contributed by atoms with E-state index in [4.69, 9.17) is 17.3 Å². The summed E-state index contributed by atoms with van der Waals surface area (Å²) < 4.78 is 0.710. The predicted octanol–water partition coefficient (Wildman–Crippen LogP) is 3.42. The summed E-state index contributed by atoms with van der Waals surface area (Å²) in [6.45, 7) is 2.64. The van der Waals surface area contributed by atoms with Crippen LogP contribution in [-0.4, -0.2) is 12.5 Å². The second-order valence-corrected chi connectivity index (χ2v) is 5.23. The van der Waals surface area contributed by atoms with Gasteiger partial charge < -0.3 is 11.1 Å². The van der Waals surface area contributed by atoms with E-state index >= 15 is 0 Å². The first-order valence-corrected chi connectivity index (χ1v) is 6.65. The highest BCUT2D eigenvalue weighted by atomic mass is 79.9. The third-order valence-corrected chi connectivity index (χ3v) is 3.89. The van der Waals surface area contributed by atoms with E-state index in [1.54, 1.807) is 18.2 Å². The highest BCUT2D eigenvalue weighted by Gasteiger charge is 2.09. The first-order chi connectivity index (χ1) is 8.04. The van der Waals surface area contributed by atoms with Crippen LogP contribution in [0, 0.1) is 5.92 Å². The van der Waals surface area contributed by atoms with Crippen LogP contribution in [0.15, 0.2) is 22.7 Å². The molecule has 0 radical (unpaired) electrons. The van der Waals surface area contributed by atoms with Crippen LogP contribution in [0.25, 0.3) is 0 Å². The first kappa shape index (κ1) is 14.5. The van der Waals surface area contributed by atoms with Gasteiger partial charge in [-0.05, 0) is 46.9 Å². The summed E-state index contributed by atoms with van der Waals surface area (Å²) in [6.07, 6.45) is 1.26. The van der Waals surface area contributed by atoms with Crippen molar-refractivity contribution in [1.29, 1.82) is 0 Å². The minimum absolute atomic E-state index is 0.0201. The van der Waals surface area contributed by atoms with E-state index in [-0.39, 0.29) is 5.91 Å². The van der Waals surface area contributed by atoms with Crippen LogP contribution in [-0.2, 0) is 4.79 Å². The van der Waals surface area contributed by atoms with Crippen molar-refractivity contribution in [2.45, 2.75) is 19.8 Å². The lowest BCUT2D eigenvalue weighted by Crippen LogP contribution is -2.16. The minimum atomic E-state index is -0.0201. The number of benzene rings is 1. The number of halogens is 2. The van der Waals surface area contributed by atoms with Crippen molar-refractivity contribution >= 4 is 39.1 Å². The number of amides is 1. The van der Waals surface area contributed by atoms with Gasteiger partial charge >= 0.3 is 0 Å². The van der Waals surface area contributed by atoms with Crippen molar-refractivity contribution in [1.82, 2.24) is 0 Å². The Morgan fingerprint density at radius 2 is 2.29 bits per heavy atom. The van der Waals surface area contributed by atoms with E-state index in [0.717, 1.165) is 6.42 Å². The molecule has 0 aliphatic carbocycles. The molecule has 1 aromatic rings. The van der Waals surface area contributed by atoms with E-state index in [2.05, 4.69) is 21.2 Å². The molecule has 0 spiro atoms. The fourth-order valence-electron chi connectivity index (χ4n) is 1.31. The molecule has 5 heteroatoms. The van der Waals surface area contributed by atoms with Crippen LogP contribution in [0.4, 0.5) is 5.69 Å². The van der Waals surface area contributed by atoms with E-state index < -0.39 is 0 Å². The molecule has 94 valence electrons. The fourth-order valence-corrected chi connectivity index (χ4v) is 1.85. The van der Waals surface area contributed by atoms with Gasteiger partial charge in [0, 0.05) is 6.42 Å². The molecule has 0 aliphatic heterocycles. The van der Waals surface area contributed by atoms with Crippen molar-refractivity contribution < 1.29 is 4.79 Å². The second kappa shape index (κ2) is 6.99. The molecule has 1 amide bonds. The Balaban J connectivity index is 2.54. The number of carbonyl (C=O) groups is 1. The quantitative estimate of drug-likeness (QED) is 0.873. The maximum Gasteiger partial charge on any atom is 0.224 e. The average Bonchev–Trinajstić information content (AvgIpc) is 2.32. The molecule has 0 aliphatic rings. The molecule has 1 unspecified atom stereocenters. The molecular weight excluding hydrogens is 304 g/mol. The summed E-state index contributed by atoms with van der Waals surface area (Å²) in [6, 6.07) is 5.36. The van der Waals surface area contributed by atoms with E-state index in [1.165, 1.54) is 0 Å². The normalized spacial score (nSPS) is 12.2. The monoisotopic (exact) mass is 318 g/mol. The zero-order valence-electron chi connectivity index (χ0n) is 9.67. The van der Waals surface area contributed by atoms with Crippen molar-refractivity contribution in [3.63, 3.8) is 0 Å². The standard InChI is InChI=1S/C12H16BrClN2O/c1-8(7-15)5-6-11(17)16-10-4-2-3-9(14)12(10)13/h2-4,8H,5-7,15H2,1H3,(H,16,17). The van der Waals surface area contributed by atoms with Gasteiger partial charge in [0.15, 0.2) is 0 Å². The maximum absolute atomic E-state index is 11.7. The Labute approximate surface area is 115 Å². The number of rotatable bonds is 5. The zero-order chi connectivity index (χ0) is 12.8. The lowest BCUT2D eigenvalue weighted by molar-refractivity contribution is -0.116. The van der Waals surface area contributed by atoms with Gasteiger partial charge in [-0.1, -0.05) is 24.6 Å². The molecule has 0 aromatic heterocycles. The van der Waals surface area contributed by atoms with Gasteiger partial charge in [-0.15, -0.1) is 0 Å². The molecule has 1 aromatic carbocycles. The zero-order valence-corrected chi connectivity index (χ0v) is 12.0. The Morgan fingerprint density at radius 3 is 2.94 bits per heavy atom. The Bertz CT molecular complexity index is 398. The average molecular weight is 320 g/mol. The van der Waals surface area contributed by atoms with Gasteiger partial charge in [-0.2, -0.15) is 0 Å². The fraction of sp³-hybridized carbons (Fsp3) is 0.417. The summed E-state index contributed by atoms with van der Waals surface area (Å²) in [5, 5.41) is 3.40. The Morgan fingerprint density at radius 1 is 1.59 bits per heavy atom. The van der Waals surface area contributed by atoms with Gasteiger partial charge in [0.2, 0.25) is 5.91 Å². The molecule has 0 bridgehead atoms. The number of carbonyl (C=O) groups excluding carboxylic acids is 1. The van der Waals surface area contributed by atoms with Gasteiger partial charge in [-0.25, -0.2) is 0 Å². The topological polar surface area (TPSA) is 55.1 Å². The SMILES string of the molecule is CC(CN)CCC(=O)Nc1cccc(Cl)c1Br. The summed E-state index contributed by atoms with van der Waals surface area (Å²) in [5.74, 6) is 0.344. The number of anilines is 1. The molecule has 17 heavy (non-hydrogen) atoms. The Hall–Kier alpha value is -0.580. The smallest absolute Gasteiger partial charge is 0.224 e. The highest BCUT2D eigenvalue weighted by molar-refractivity contribution is 9.10. The van der Waals surface area contributed by atoms with Crippen LogP contribution in [0.1, 0.15) is 19.8 Å². The predicted molar refractivity (Wildman–Crippen MR) is 75.2 cm³/mol. The number of nitrogens with two attached hydrogens (primary N) is 1.